The first-order chi connectivity index (χ1) is 17.3. The van der Waals surface area contributed by atoms with Crippen LogP contribution in [0, 0.1) is 5.92 Å². The summed E-state index contributed by atoms with van der Waals surface area (Å²) in [4.78, 5) is 24.2. The molecule has 3 aromatic heterocycles. The second-order valence-corrected chi connectivity index (χ2v) is 9.11. The van der Waals surface area contributed by atoms with Crippen LogP contribution >= 0.6 is 0 Å². The fourth-order valence-corrected chi connectivity index (χ4v) is 5.03. The number of piperazine rings is 1. The Labute approximate surface area is 204 Å². The van der Waals surface area contributed by atoms with Crippen LogP contribution < -0.4 is 9.80 Å². The van der Waals surface area contributed by atoms with Crippen molar-refractivity contribution in [2.45, 2.75) is 12.8 Å². The zero-order valence-corrected chi connectivity index (χ0v) is 19.6. The summed E-state index contributed by atoms with van der Waals surface area (Å²) >= 11 is 0. The first-order valence-corrected chi connectivity index (χ1v) is 12.2. The highest BCUT2D eigenvalue weighted by Crippen LogP contribution is 2.26. The van der Waals surface area contributed by atoms with Crippen molar-refractivity contribution < 1.29 is 4.79 Å². The molecule has 0 radical (unpaired) electrons. The van der Waals surface area contributed by atoms with Gasteiger partial charge in [-0.3, -0.25) is 4.79 Å². The second kappa shape index (κ2) is 9.32. The largest absolute Gasteiger partial charge is 0.355 e. The van der Waals surface area contributed by atoms with Crippen molar-refractivity contribution in [3.8, 4) is 11.4 Å². The van der Waals surface area contributed by atoms with Crippen molar-refractivity contribution >= 4 is 23.2 Å². The summed E-state index contributed by atoms with van der Waals surface area (Å²) < 4.78 is 1.81. The van der Waals surface area contributed by atoms with E-state index in [0.29, 0.717) is 5.91 Å². The quantitative estimate of drug-likeness (QED) is 0.455. The SMILES string of the molecule is O=C(C1CCN(c2ccc3nnc(-c4ccccc4)n3n2)CC1)N1CCN(c2ccccn2)CC1. The molecule has 6 rings (SSSR count). The van der Waals surface area contributed by atoms with Gasteiger partial charge in [0.25, 0.3) is 0 Å². The number of carbonyl (C=O) groups excluding carboxylic acids is 1. The third kappa shape index (κ3) is 4.29. The van der Waals surface area contributed by atoms with Crippen LogP contribution in [0.2, 0.25) is 0 Å². The Morgan fingerprint density at radius 2 is 1.49 bits per heavy atom. The first-order valence-electron chi connectivity index (χ1n) is 12.2. The number of aromatic nitrogens is 5. The molecule has 1 aromatic carbocycles. The van der Waals surface area contributed by atoms with Gasteiger partial charge < -0.3 is 14.7 Å². The van der Waals surface area contributed by atoms with Gasteiger partial charge >= 0.3 is 0 Å². The molecule has 2 fully saturated rings. The Bertz CT molecular complexity index is 1290. The van der Waals surface area contributed by atoms with E-state index in [2.05, 4.69) is 25.0 Å². The van der Waals surface area contributed by atoms with Crippen LogP contribution in [0.3, 0.4) is 0 Å². The molecule has 0 N–H and O–H groups in total. The Hall–Kier alpha value is -4.01. The number of carbonyl (C=O) groups is 1. The van der Waals surface area contributed by atoms with E-state index in [-0.39, 0.29) is 5.92 Å². The monoisotopic (exact) mass is 468 g/mol. The van der Waals surface area contributed by atoms with Crippen LogP contribution in [-0.2, 0) is 4.79 Å². The molecule has 1 amide bonds. The van der Waals surface area contributed by atoms with Gasteiger partial charge in [0.05, 0.1) is 0 Å². The van der Waals surface area contributed by atoms with E-state index in [1.807, 2.05) is 76.3 Å². The van der Waals surface area contributed by atoms with E-state index in [4.69, 9.17) is 5.10 Å². The predicted octanol–water partition coefficient (Wildman–Crippen LogP) is 2.75. The highest BCUT2D eigenvalue weighted by Gasteiger charge is 2.31. The number of amides is 1. The molecular weight excluding hydrogens is 440 g/mol. The standard InChI is InChI=1S/C26H28N8O/c35-26(33-18-16-32(17-19-33)22-8-4-5-13-27-22)21-11-14-31(15-12-21)24-10-9-23-28-29-25(34(23)30-24)20-6-2-1-3-7-20/h1-10,13,21H,11-12,14-19H2. The Morgan fingerprint density at radius 1 is 0.743 bits per heavy atom. The van der Waals surface area contributed by atoms with Gasteiger partial charge in [-0.1, -0.05) is 36.4 Å². The van der Waals surface area contributed by atoms with Gasteiger partial charge in [0.2, 0.25) is 5.91 Å². The smallest absolute Gasteiger partial charge is 0.225 e. The predicted molar refractivity (Wildman–Crippen MR) is 134 cm³/mol. The molecule has 2 saturated heterocycles. The van der Waals surface area contributed by atoms with Crippen molar-refractivity contribution in [1.82, 2.24) is 29.7 Å². The van der Waals surface area contributed by atoms with E-state index in [9.17, 15) is 4.79 Å². The molecule has 0 atom stereocenters. The van der Waals surface area contributed by atoms with Gasteiger partial charge in [0.15, 0.2) is 11.5 Å². The van der Waals surface area contributed by atoms with Gasteiger partial charge in [-0.25, -0.2) is 4.98 Å². The highest BCUT2D eigenvalue weighted by molar-refractivity contribution is 5.79. The van der Waals surface area contributed by atoms with Crippen molar-refractivity contribution in [2.75, 3.05) is 49.1 Å². The van der Waals surface area contributed by atoms with Gasteiger partial charge in [0, 0.05) is 56.9 Å². The molecule has 9 nitrogen and oxygen atoms in total. The number of anilines is 2. The summed E-state index contributed by atoms with van der Waals surface area (Å²) in [6.45, 7) is 4.78. The maximum Gasteiger partial charge on any atom is 0.225 e. The first kappa shape index (κ1) is 21.5. The highest BCUT2D eigenvalue weighted by atomic mass is 16.2. The third-order valence-corrected chi connectivity index (χ3v) is 7.01. The average Bonchev–Trinajstić information content (AvgIpc) is 3.37. The van der Waals surface area contributed by atoms with Gasteiger partial charge in [-0.15, -0.1) is 15.3 Å². The molecule has 0 saturated carbocycles. The summed E-state index contributed by atoms with van der Waals surface area (Å²) in [6, 6.07) is 19.9. The fourth-order valence-electron chi connectivity index (χ4n) is 5.03. The molecule has 0 unspecified atom stereocenters. The van der Waals surface area contributed by atoms with Crippen LogP contribution in [0.15, 0.2) is 66.9 Å². The van der Waals surface area contributed by atoms with Gasteiger partial charge in [-0.2, -0.15) is 4.52 Å². The second-order valence-electron chi connectivity index (χ2n) is 9.11. The van der Waals surface area contributed by atoms with Crippen LogP contribution in [0.4, 0.5) is 11.6 Å². The zero-order chi connectivity index (χ0) is 23.6. The lowest BCUT2D eigenvalue weighted by molar-refractivity contribution is -0.136. The summed E-state index contributed by atoms with van der Waals surface area (Å²) in [5.74, 6) is 2.98. The van der Waals surface area contributed by atoms with E-state index >= 15 is 0 Å². The molecule has 2 aliphatic rings. The number of pyridine rings is 1. The van der Waals surface area contributed by atoms with Crippen molar-refractivity contribution in [3.05, 3.63) is 66.9 Å². The van der Waals surface area contributed by atoms with Crippen molar-refractivity contribution in [1.29, 1.82) is 0 Å². The number of fused-ring (bicyclic) bond motifs is 1. The normalized spacial score (nSPS) is 17.2. The molecule has 9 heteroatoms. The van der Waals surface area contributed by atoms with Gasteiger partial charge in [-0.05, 0) is 37.1 Å². The molecule has 4 aromatic rings. The van der Waals surface area contributed by atoms with Gasteiger partial charge in [0.1, 0.15) is 11.6 Å². The maximum atomic E-state index is 13.2. The molecule has 2 aliphatic heterocycles. The molecule has 0 bridgehead atoms. The lowest BCUT2D eigenvalue weighted by Crippen LogP contribution is -2.52. The summed E-state index contributed by atoms with van der Waals surface area (Å²) in [5.41, 5.74) is 1.71. The number of hydrogen-bond donors (Lipinski definition) is 0. The molecule has 0 spiro atoms. The van der Waals surface area contributed by atoms with Crippen LogP contribution in [0.25, 0.3) is 17.0 Å². The van der Waals surface area contributed by atoms with E-state index in [0.717, 1.165) is 80.8 Å². The number of piperidine rings is 1. The number of hydrogen-bond acceptors (Lipinski definition) is 7. The minimum Gasteiger partial charge on any atom is -0.355 e. The fraction of sp³-hybridized carbons (Fsp3) is 0.346. The molecule has 5 heterocycles. The minimum atomic E-state index is 0.0752. The Morgan fingerprint density at radius 3 is 2.23 bits per heavy atom. The number of rotatable bonds is 4. The van der Waals surface area contributed by atoms with Crippen LogP contribution in [0.1, 0.15) is 12.8 Å². The average molecular weight is 469 g/mol. The molecule has 35 heavy (non-hydrogen) atoms. The summed E-state index contributed by atoms with van der Waals surface area (Å²) in [7, 11) is 0. The van der Waals surface area contributed by atoms with Crippen LogP contribution in [-0.4, -0.2) is 74.9 Å². The number of benzene rings is 1. The third-order valence-electron chi connectivity index (χ3n) is 7.01. The van der Waals surface area contributed by atoms with Crippen molar-refractivity contribution in [3.63, 3.8) is 0 Å². The minimum absolute atomic E-state index is 0.0752. The lowest BCUT2D eigenvalue weighted by Gasteiger charge is -2.39. The summed E-state index contributed by atoms with van der Waals surface area (Å²) in [5, 5.41) is 13.4. The Kier molecular flexibility index (Phi) is 5.73. The molecular formula is C26H28N8O. The van der Waals surface area contributed by atoms with E-state index in [1.54, 1.807) is 0 Å². The van der Waals surface area contributed by atoms with Crippen LogP contribution in [0.5, 0.6) is 0 Å². The lowest BCUT2D eigenvalue weighted by atomic mass is 9.95. The zero-order valence-electron chi connectivity index (χ0n) is 19.6. The molecule has 178 valence electrons. The maximum absolute atomic E-state index is 13.2. The van der Waals surface area contributed by atoms with E-state index < -0.39 is 0 Å². The molecule has 0 aliphatic carbocycles. The van der Waals surface area contributed by atoms with E-state index in [1.165, 1.54) is 0 Å². The van der Waals surface area contributed by atoms with Crippen molar-refractivity contribution in [2.24, 2.45) is 5.92 Å². The number of nitrogens with zero attached hydrogens (tertiary/aromatic N) is 8. The summed E-state index contributed by atoms with van der Waals surface area (Å²) in [6.07, 6.45) is 3.50. The Balaban J connectivity index is 1.08. The topological polar surface area (TPSA) is 82.8 Å².